The minimum atomic E-state index is -3.03. The summed E-state index contributed by atoms with van der Waals surface area (Å²) in [4.78, 5) is 0. The zero-order valence-electron chi connectivity index (χ0n) is 13.8. The van der Waals surface area contributed by atoms with Crippen molar-refractivity contribution in [2.24, 2.45) is 11.3 Å². The van der Waals surface area contributed by atoms with E-state index in [1.54, 1.807) is 4.31 Å². The smallest absolute Gasteiger partial charge is 0.211 e. The van der Waals surface area contributed by atoms with Crippen molar-refractivity contribution < 1.29 is 8.42 Å². The van der Waals surface area contributed by atoms with Crippen LogP contribution < -0.4 is 5.32 Å². The second-order valence-electron chi connectivity index (χ2n) is 7.38. The van der Waals surface area contributed by atoms with Gasteiger partial charge in [0.1, 0.15) is 0 Å². The van der Waals surface area contributed by atoms with E-state index in [2.05, 4.69) is 33.0 Å². The number of nitrogens with zero attached hydrogens (tertiary/aromatic N) is 1. The number of nitrogens with one attached hydrogen (secondary N) is 1. The van der Waals surface area contributed by atoms with Gasteiger partial charge in [-0.2, -0.15) is 0 Å². The first-order valence-corrected chi connectivity index (χ1v) is 9.65. The van der Waals surface area contributed by atoms with Crippen LogP contribution in [0.25, 0.3) is 0 Å². The molecule has 1 N–H and O–H groups in total. The molecule has 1 fully saturated rings. The molecule has 1 aliphatic heterocycles. The van der Waals surface area contributed by atoms with Crippen molar-refractivity contribution in [2.75, 3.05) is 25.9 Å². The monoisotopic (exact) mass is 304 g/mol. The average molecular weight is 305 g/mol. The van der Waals surface area contributed by atoms with Crippen LogP contribution in [0.15, 0.2) is 0 Å². The number of rotatable bonds is 6. The third kappa shape index (κ3) is 6.55. The first kappa shape index (κ1) is 17.9. The molecule has 1 heterocycles. The molecule has 1 saturated heterocycles. The van der Waals surface area contributed by atoms with Crippen LogP contribution in [0.2, 0.25) is 0 Å². The topological polar surface area (TPSA) is 49.4 Å². The Morgan fingerprint density at radius 1 is 1.35 bits per heavy atom. The molecule has 0 saturated carbocycles. The van der Waals surface area contributed by atoms with Gasteiger partial charge in [-0.1, -0.05) is 27.7 Å². The summed E-state index contributed by atoms with van der Waals surface area (Å²) < 4.78 is 25.0. The maximum Gasteiger partial charge on any atom is 0.211 e. The Hall–Kier alpha value is -0.130. The molecule has 0 aliphatic carbocycles. The summed E-state index contributed by atoms with van der Waals surface area (Å²) in [6.07, 6.45) is 5.68. The highest BCUT2D eigenvalue weighted by molar-refractivity contribution is 7.88. The third-order valence-electron chi connectivity index (χ3n) is 3.92. The van der Waals surface area contributed by atoms with Crippen molar-refractivity contribution in [3.63, 3.8) is 0 Å². The number of piperidine rings is 1. The maximum atomic E-state index is 11.7. The molecule has 2 unspecified atom stereocenters. The number of hydrogen-bond donors (Lipinski definition) is 1. The van der Waals surface area contributed by atoms with E-state index in [0.29, 0.717) is 30.5 Å². The fourth-order valence-corrected chi connectivity index (χ4v) is 4.13. The summed E-state index contributed by atoms with van der Waals surface area (Å²) >= 11 is 0. The van der Waals surface area contributed by atoms with Crippen LogP contribution in [-0.2, 0) is 10.0 Å². The SMILES string of the molecule is CCNC(CC1CCCN(S(C)(=O)=O)C1)CC(C)(C)C. The molecule has 1 rings (SSSR count). The molecule has 20 heavy (non-hydrogen) atoms. The lowest BCUT2D eigenvalue weighted by Crippen LogP contribution is -2.42. The summed E-state index contributed by atoms with van der Waals surface area (Å²) in [5.41, 5.74) is 0.304. The van der Waals surface area contributed by atoms with Gasteiger partial charge in [0.25, 0.3) is 0 Å². The third-order valence-corrected chi connectivity index (χ3v) is 5.19. The van der Waals surface area contributed by atoms with Crippen molar-refractivity contribution in [1.82, 2.24) is 9.62 Å². The summed E-state index contributed by atoms with van der Waals surface area (Å²) in [6, 6.07) is 0.490. The van der Waals surface area contributed by atoms with Crippen LogP contribution in [0.1, 0.15) is 53.4 Å². The van der Waals surface area contributed by atoms with Gasteiger partial charge in [0.15, 0.2) is 0 Å². The molecular weight excluding hydrogens is 272 g/mol. The molecule has 0 aromatic heterocycles. The van der Waals surface area contributed by atoms with Gasteiger partial charge in [-0.05, 0) is 43.6 Å². The van der Waals surface area contributed by atoms with Crippen LogP contribution >= 0.6 is 0 Å². The van der Waals surface area contributed by atoms with Gasteiger partial charge in [-0.15, -0.1) is 0 Å². The molecule has 0 amide bonds. The highest BCUT2D eigenvalue weighted by Gasteiger charge is 2.28. The lowest BCUT2D eigenvalue weighted by atomic mass is 9.83. The molecule has 1 aliphatic rings. The number of hydrogen-bond acceptors (Lipinski definition) is 3. The molecule has 0 aromatic rings. The quantitative estimate of drug-likeness (QED) is 0.820. The second kappa shape index (κ2) is 7.23. The molecule has 0 spiro atoms. The van der Waals surface area contributed by atoms with Crippen LogP contribution in [0.5, 0.6) is 0 Å². The Labute approximate surface area is 125 Å². The Kier molecular flexibility index (Phi) is 6.48. The molecule has 0 bridgehead atoms. The van der Waals surface area contributed by atoms with E-state index in [9.17, 15) is 8.42 Å². The lowest BCUT2D eigenvalue weighted by Gasteiger charge is -2.35. The zero-order valence-corrected chi connectivity index (χ0v) is 14.6. The summed E-state index contributed by atoms with van der Waals surface area (Å²) in [5.74, 6) is 0.491. The van der Waals surface area contributed by atoms with Gasteiger partial charge in [0.05, 0.1) is 6.26 Å². The second-order valence-corrected chi connectivity index (χ2v) is 9.37. The van der Waals surface area contributed by atoms with Crippen LogP contribution in [-0.4, -0.2) is 44.7 Å². The van der Waals surface area contributed by atoms with Crippen LogP contribution in [0.4, 0.5) is 0 Å². The fourth-order valence-electron chi connectivity index (χ4n) is 3.19. The van der Waals surface area contributed by atoms with Gasteiger partial charge in [-0.25, -0.2) is 12.7 Å². The summed E-state index contributed by atoms with van der Waals surface area (Å²) in [7, 11) is -3.03. The lowest BCUT2D eigenvalue weighted by molar-refractivity contribution is 0.213. The molecule has 0 aromatic carbocycles. The average Bonchev–Trinajstić information content (AvgIpc) is 2.26. The van der Waals surface area contributed by atoms with E-state index in [1.807, 2.05) is 0 Å². The first-order chi connectivity index (χ1) is 9.12. The Morgan fingerprint density at radius 3 is 2.50 bits per heavy atom. The Morgan fingerprint density at radius 2 is 2.00 bits per heavy atom. The molecule has 120 valence electrons. The van der Waals surface area contributed by atoms with Gasteiger partial charge >= 0.3 is 0 Å². The van der Waals surface area contributed by atoms with Gasteiger partial charge in [0, 0.05) is 19.1 Å². The summed E-state index contributed by atoms with van der Waals surface area (Å²) in [5, 5.41) is 3.57. The van der Waals surface area contributed by atoms with Crippen molar-refractivity contribution in [1.29, 1.82) is 0 Å². The van der Waals surface area contributed by atoms with Gasteiger partial charge in [-0.3, -0.25) is 0 Å². The normalized spacial score (nSPS) is 23.8. The van der Waals surface area contributed by atoms with E-state index in [0.717, 1.165) is 32.2 Å². The maximum absolute atomic E-state index is 11.7. The van der Waals surface area contributed by atoms with E-state index in [1.165, 1.54) is 6.26 Å². The van der Waals surface area contributed by atoms with Crippen molar-refractivity contribution >= 4 is 10.0 Å². The van der Waals surface area contributed by atoms with Crippen molar-refractivity contribution in [3.8, 4) is 0 Å². The summed E-state index contributed by atoms with van der Waals surface area (Å²) in [6.45, 7) is 11.3. The highest BCUT2D eigenvalue weighted by atomic mass is 32.2. The minimum Gasteiger partial charge on any atom is -0.314 e. The molecular formula is C15H32N2O2S. The Balaban J connectivity index is 2.59. The molecule has 0 radical (unpaired) electrons. The predicted molar refractivity (Wildman–Crippen MR) is 85.3 cm³/mol. The standard InChI is InChI=1S/C15H32N2O2S/c1-6-16-14(11-15(2,3)4)10-13-8-7-9-17(12-13)20(5,18)19/h13-14,16H,6-12H2,1-5H3. The predicted octanol–water partition coefficient (Wildman–Crippen LogP) is 2.46. The Bertz CT molecular complexity index is 387. The molecule has 5 heteroatoms. The van der Waals surface area contributed by atoms with Crippen LogP contribution in [0.3, 0.4) is 0 Å². The fraction of sp³-hybridized carbons (Fsp3) is 1.00. The van der Waals surface area contributed by atoms with Gasteiger partial charge in [0.2, 0.25) is 10.0 Å². The van der Waals surface area contributed by atoms with E-state index >= 15 is 0 Å². The highest BCUT2D eigenvalue weighted by Crippen LogP contribution is 2.28. The van der Waals surface area contributed by atoms with E-state index < -0.39 is 10.0 Å². The zero-order chi connectivity index (χ0) is 15.4. The largest absolute Gasteiger partial charge is 0.314 e. The minimum absolute atomic E-state index is 0.304. The van der Waals surface area contributed by atoms with E-state index in [4.69, 9.17) is 0 Å². The molecule has 4 nitrogen and oxygen atoms in total. The van der Waals surface area contributed by atoms with Crippen molar-refractivity contribution in [3.05, 3.63) is 0 Å². The van der Waals surface area contributed by atoms with E-state index in [-0.39, 0.29) is 0 Å². The van der Waals surface area contributed by atoms with Gasteiger partial charge < -0.3 is 5.32 Å². The number of sulfonamides is 1. The van der Waals surface area contributed by atoms with Crippen molar-refractivity contribution in [2.45, 2.75) is 59.4 Å². The first-order valence-electron chi connectivity index (χ1n) is 7.80. The van der Waals surface area contributed by atoms with Crippen LogP contribution in [0, 0.1) is 11.3 Å². The molecule has 2 atom stereocenters.